The highest BCUT2D eigenvalue weighted by atomic mass is 19.4. The van der Waals surface area contributed by atoms with Crippen molar-refractivity contribution in [3.8, 4) is 5.75 Å². The van der Waals surface area contributed by atoms with E-state index in [1.165, 1.54) is 10.8 Å². The topological polar surface area (TPSA) is 93.5 Å². The van der Waals surface area contributed by atoms with E-state index in [-0.39, 0.29) is 11.8 Å². The number of halogens is 3. The maximum atomic E-state index is 12.6. The highest BCUT2D eigenvalue weighted by Gasteiger charge is 2.38. The number of hydrogen-bond donors (Lipinski definition) is 2. The Hall–Kier alpha value is -3.56. The van der Waals surface area contributed by atoms with Crippen LogP contribution in [0.3, 0.4) is 0 Å². The Morgan fingerprint density at radius 2 is 1.97 bits per heavy atom. The molecular weight excluding hydrogens is 439 g/mol. The molecule has 4 rings (SSSR count). The summed E-state index contributed by atoms with van der Waals surface area (Å²) in [6, 6.07) is 12.3. The molecule has 1 aliphatic heterocycles. The van der Waals surface area contributed by atoms with Gasteiger partial charge in [-0.1, -0.05) is 37.3 Å². The van der Waals surface area contributed by atoms with Gasteiger partial charge in [-0.15, -0.1) is 0 Å². The quantitative estimate of drug-likeness (QED) is 0.603. The molecule has 0 bridgehead atoms. The normalized spacial score (nSPS) is 15.1. The molecule has 0 aliphatic carbocycles. The Kier molecular flexibility index (Phi) is 7.57. The maximum absolute atomic E-state index is 12.6. The van der Waals surface area contributed by atoms with Gasteiger partial charge in [-0.25, -0.2) is 9.78 Å². The first-order valence-electron chi connectivity index (χ1n) is 10.4. The average Bonchev–Trinajstić information content (AvgIpc) is 3.26. The second kappa shape index (κ2) is 10.4. The molecule has 0 saturated heterocycles. The van der Waals surface area contributed by atoms with Crippen LogP contribution in [0.1, 0.15) is 18.3 Å². The van der Waals surface area contributed by atoms with Crippen LogP contribution < -0.4 is 10.1 Å². The predicted octanol–water partition coefficient (Wildman–Crippen LogP) is 3.60. The SMILES string of the molecule is CCc1nccn1CCNC(=O)C1COc2ccc3ccccc3c2C1.O=C(O)C(F)(F)F. The molecule has 2 heterocycles. The number of nitrogens with zero attached hydrogens (tertiary/aromatic N) is 2. The fraction of sp³-hybridized carbons (Fsp3) is 0.348. The number of carboxylic acid groups (broad SMARTS) is 1. The maximum Gasteiger partial charge on any atom is 0.490 e. The minimum Gasteiger partial charge on any atom is -0.492 e. The van der Waals surface area contributed by atoms with Crippen molar-refractivity contribution in [2.75, 3.05) is 13.2 Å². The first kappa shape index (κ1) is 24.1. The molecular formula is C23H24F3N3O4. The minimum atomic E-state index is -5.08. The van der Waals surface area contributed by atoms with Gasteiger partial charge in [0.2, 0.25) is 5.91 Å². The smallest absolute Gasteiger partial charge is 0.490 e. The number of carboxylic acids is 1. The summed E-state index contributed by atoms with van der Waals surface area (Å²) in [5.74, 6) is -0.907. The standard InChI is InChI=1S/C21H23N3O2.C2HF3O2/c1-2-20-22-9-11-24(20)12-10-23-21(25)16-13-18-17-6-4-3-5-15(17)7-8-19(18)26-14-16;3-2(4,5)1(6)7/h3-9,11,16H,2,10,12-14H2,1H3,(H,23,25);(H,6,7). The molecule has 7 nitrogen and oxygen atoms in total. The van der Waals surface area contributed by atoms with Crippen LogP contribution in [-0.4, -0.2) is 45.9 Å². The monoisotopic (exact) mass is 463 g/mol. The molecule has 33 heavy (non-hydrogen) atoms. The fourth-order valence-corrected chi connectivity index (χ4v) is 3.63. The van der Waals surface area contributed by atoms with Crippen molar-refractivity contribution in [2.45, 2.75) is 32.5 Å². The van der Waals surface area contributed by atoms with E-state index < -0.39 is 12.1 Å². The summed E-state index contributed by atoms with van der Waals surface area (Å²) >= 11 is 0. The number of carbonyl (C=O) groups is 2. The molecule has 0 spiro atoms. The number of aryl methyl sites for hydroxylation is 1. The van der Waals surface area contributed by atoms with Gasteiger partial charge in [-0.05, 0) is 23.3 Å². The van der Waals surface area contributed by atoms with Gasteiger partial charge in [0.15, 0.2) is 0 Å². The van der Waals surface area contributed by atoms with Gasteiger partial charge in [-0.2, -0.15) is 13.2 Å². The summed E-state index contributed by atoms with van der Waals surface area (Å²) in [6.45, 7) is 3.85. The van der Waals surface area contributed by atoms with Gasteiger partial charge >= 0.3 is 12.1 Å². The Morgan fingerprint density at radius 3 is 2.67 bits per heavy atom. The first-order valence-corrected chi connectivity index (χ1v) is 10.4. The number of imidazole rings is 1. The molecule has 1 amide bonds. The number of hydrogen-bond acceptors (Lipinski definition) is 4. The van der Waals surface area contributed by atoms with E-state index in [9.17, 15) is 18.0 Å². The van der Waals surface area contributed by atoms with Crippen molar-refractivity contribution < 1.29 is 32.6 Å². The number of carbonyl (C=O) groups excluding carboxylic acids is 1. The number of fused-ring (bicyclic) bond motifs is 3. The zero-order chi connectivity index (χ0) is 24.0. The lowest BCUT2D eigenvalue weighted by molar-refractivity contribution is -0.192. The number of benzene rings is 2. The lowest BCUT2D eigenvalue weighted by Gasteiger charge is -2.26. The number of aliphatic carboxylic acids is 1. The number of ether oxygens (including phenoxy) is 1. The molecule has 1 unspecified atom stereocenters. The van der Waals surface area contributed by atoms with E-state index in [4.69, 9.17) is 14.6 Å². The molecule has 1 aliphatic rings. The summed E-state index contributed by atoms with van der Waals surface area (Å²) in [5.41, 5.74) is 1.14. The van der Waals surface area contributed by atoms with E-state index in [2.05, 4.69) is 40.0 Å². The van der Waals surface area contributed by atoms with Crippen LogP contribution in [0.4, 0.5) is 13.2 Å². The number of amides is 1. The number of alkyl halides is 3. The van der Waals surface area contributed by atoms with Crippen LogP contribution in [0.5, 0.6) is 5.75 Å². The van der Waals surface area contributed by atoms with Crippen LogP contribution in [0.2, 0.25) is 0 Å². The van der Waals surface area contributed by atoms with Crippen LogP contribution in [0.15, 0.2) is 48.8 Å². The van der Waals surface area contributed by atoms with Crippen LogP contribution in [0, 0.1) is 5.92 Å². The molecule has 3 aromatic rings. The Bertz CT molecular complexity index is 1130. The lowest BCUT2D eigenvalue weighted by Crippen LogP contribution is -2.38. The summed E-state index contributed by atoms with van der Waals surface area (Å²) < 4.78 is 39.7. The molecule has 0 fully saturated rings. The fourth-order valence-electron chi connectivity index (χ4n) is 3.63. The van der Waals surface area contributed by atoms with Crippen molar-refractivity contribution in [3.05, 3.63) is 60.2 Å². The van der Waals surface area contributed by atoms with Crippen LogP contribution >= 0.6 is 0 Å². The first-order chi connectivity index (χ1) is 15.7. The molecule has 10 heteroatoms. The van der Waals surface area contributed by atoms with E-state index in [0.717, 1.165) is 30.1 Å². The average molecular weight is 463 g/mol. The molecule has 1 aromatic heterocycles. The van der Waals surface area contributed by atoms with Gasteiger partial charge < -0.3 is 19.7 Å². The van der Waals surface area contributed by atoms with Crippen molar-refractivity contribution in [1.82, 2.24) is 14.9 Å². The zero-order valence-corrected chi connectivity index (χ0v) is 17.9. The lowest BCUT2D eigenvalue weighted by atomic mass is 9.92. The summed E-state index contributed by atoms with van der Waals surface area (Å²) in [6.07, 6.45) is 0.282. The second-order valence-corrected chi connectivity index (χ2v) is 7.46. The third kappa shape index (κ3) is 6.03. The van der Waals surface area contributed by atoms with Gasteiger partial charge in [0.25, 0.3) is 0 Å². The van der Waals surface area contributed by atoms with Crippen LogP contribution in [0.25, 0.3) is 10.8 Å². The Morgan fingerprint density at radius 1 is 1.24 bits per heavy atom. The number of nitrogens with one attached hydrogen (secondary N) is 1. The van der Waals surface area contributed by atoms with Gasteiger partial charge in [0.1, 0.15) is 18.2 Å². The van der Waals surface area contributed by atoms with Crippen LogP contribution in [-0.2, 0) is 29.0 Å². The molecule has 0 saturated carbocycles. The van der Waals surface area contributed by atoms with Gasteiger partial charge in [-0.3, -0.25) is 4.79 Å². The third-order valence-electron chi connectivity index (χ3n) is 5.27. The largest absolute Gasteiger partial charge is 0.492 e. The van der Waals surface area contributed by atoms with Crippen molar-refractivity contribution >= 4 is 22.6 Å². The van der Waals surface area contributed by atoms with E-state index in [1.54, 1.807) is 6.20 Å². The second-order valence-electron chi connectivity index (χ2n) is 7.46. The summed E-state index contributed by atoms with van der Waals surface area (Å²) in [4.78, 5) is 25.8. The molecule has 2 aromatic carbocycles. The van der Waals surface area contributed by atoms with Crippen molar-refractivity contribution in [1.29, 1.82) is 0 Å². The van der Waals surface area contributed by atoms with E-state index in [0.29, 0.717) is 19.6 Å². The molecule has 2 N–H and O–H groups in total. The zero-order valence-electron chi connectivity index (χ0n) is 17.9. The predicted molar refractivity (Wildman–Crippen MR) is 115 cm³/mol. The number of rotatable bonds is 5. The molecule has 0 radical (unpaired) electrons. The van der Waals surface area contributed by atoms with Gasteiger partial charge in [0.05, 0.1) is 5.92 Å². The Labute approximate surface area is 188 Å². The van der Waals surface area contributed by atoms with E-state index in [1.807, 2.05) is 24.4 Å². The molecule has 176 valence electrons. The number of aromatic nitrogens is 2. The summed E-state index contributed by atoms with van der Waals surface area (Å²) in [7, 11) is 0. The van der Waals surface area contributed by atoms with Gasteiger partial charge in [0, 0.05) is 37.5 Å². The third-order valence-corrected chi connectivity index (χ3v) is 5.27. The van der Waals surface area contributed by atoms with Crippen molar-refractivity contribution in [2.24, 2.45) is 5.92 Å². The highest BCUT2D eigenvalue weighted by Crippen LogP contribution is 2.33. The minimum absolute atomic E-state index is 0.0572. The Balaban J connectivity index is 0.000000383. The van der Waals surface area contributed by atoms with Crippen molar-refractivity contribution in [3.63, 3.8) is 0 Å². The van der Waals surface area contributed by atoms with E-state index >= 15 is 0 Å². The summed E-state index contributed by atoms with van der Waals surface area (Å²) in [5, 5.41) is 12.5. The molecule has 1 atom stereocenters. The highest BCUT2D eigenvalue weighted by molar-refractivity contribution is 5.89.